The third kappa shape index (κ3) is 4.34. The summed E-state index contributed by atoms with van der Waals surface area (Å²) in [5.41, 5.74) is 0.203. The van der Waals surface area contributed by atoms with Crippen LogP contribution in [-0.2, 0) is 16.4 Å². The van der Waals surface area contributed by atoms with Gasteiger partial charge in [-0.25, -0.2) is 13.1 Å². The molecule has 4 atom stereocenters. The van der Waals surface area contributed by atoms with Crippen LogP contribution in [0.5, 0.6) is 0 Å². The molecule has 0 spiro atoms. The molecule has 0 saturated heterocycles. The van der Waals surface area contributed by atoms with Gasteiger partial charge in [0.05, 0.1) is 4.90 Å². The summed E-state index contributed by atoms with van der Waals surface area (Å²) in [5.74, 6) is 2.17. The van der Waals surface area contributed by atoms with Crippen molar-refractivity contribution >= 4 is 10.0 Å². The van der Waals surface area contributed by atoms with Crippen LogP contribution in [0.25, 0.3) is 0 Å². The quantitative estimate of drug-likeness (QED) is 0.469. The van der Waals surface area contributed by atoms with Crippen molar-refractivity contribution in [2.45, 2.75) is 63.3 Å². The number of benzene rings is 1. The molecule has 162 valence electrons. The van der Waals surface area contributed by atoms with Crippen molar-refractivity contribution in [3.63, 3.8) is 0 Å². The summed E-state index contributed by atoms with van der Waals surface area (Å²) in [6.45, 7) is 4.58. The molecule has 5 rings (SSSR count). The number of allylic oxidation sites excluding steroid dienone is 2. The second-order valence-electron chi connectivity index (χ2n) is 9.24. The van der Waals surface area contributed by atoms with Crippen molar-refractivity contribution in [3.05, 3.63) is 48.3 Å². The predicted molar refractivity (Wildman–Crippen MR) is 115 cm³/mol. The second kappa shape index (κ2) is 8.59. The van der Waals surface area contributed by atoms with E-state index in [4.69, 9.17) is 0 Å². The molecular formula is C22H31N5O2S. The van der Waals surface area contributed by atoms with Gasteiger partial charge in [-0.15, -0.1) is 10.2 Å². The third-order valence-corrected chi connectivity index (χ3v) is 8.66. The lowest BCUT2D eigenvalue weighted by molar-refractivity contribution is -0.108. The average Bonchev–Trinajstić information content (AvgIpc) is 3.25. The summed E-state index contributed by atoms with van der Waals surface area (Å²) < 4.78 is 29.1. The van der Waals surface area contributed by atoms with E-state index in [2.05, 4.69) is 51.3 Å². The highest BCUT2D eigenvalue weighted by atomic mass is 32.2. The molecule has 30 heavy (non-hydrogen) atoms. The smallest absolute Gasteiger partial charge is 0.207 e. The maximum atomic E-state index is 13.0. The highest BCUT2D eigenvalue weighted by molar-refractivity contribution is 7.89. The zero-order valence-electron chi connectivity index (χ0n) is 17.7. The van der Waals surface area contributed by atoms with Crippen LogP contribution in [0.15, 0.2) is 47.4 Å². The fourth-order valence-electron chi connectivity index (χ4n) is 5.23. The molecule has 1 aromatic carbocycles. The van der Waals surface area contributed by atoms with Crippen molar-refractivity contribution in [3.8, 4) is 0 Å². The molecule has 0 unspecified atom stereocenters. The number of unbranched alkanes of at least 4 members (excludes halogenated alkanes) is 1. The van der Waals surface area contributed by atoms with Crippen molar-refractivity contribution in [1.82, 2.24) is 25.3 Å². The van der Waals surface area contributed by atoms with Gasteiger partial charge < -0.3 is 0 Å². The number of aromatic amines is 1. The topological polar surface area (TPSA) is 101 Å². The zero-order chi connectivity index (χ0) is 21.2. The number of nitrogens with zero attached hydrogens (tertiary/aromatic N) is 3. The van der Waals surface area contributed by atoms with Crippen molar-refractivity contribution in [2.75, 3.05) is 0 Å². The number of hydrogen-bond acceptors (Lipinski definition) is 5. The molecule has 7 nitrogen and oxygen atoms in total. The first-order valence-electron chi connectivity index (χ1n) is 10.8. The Balaban J connectivity index is 1.38. The number of aromatic nitrogens is 4. The fraction of sp³-hybridized carbons (Fsp3) is 0.591. The highest BCUT2D eigenvalue weighted by Crippen LogP contribution is 2.61. The predicted octanol–water partition coefficient (Wildman–Crippen LogP) is 3.50. The second-order valence-corrected chi connectivity index (χ2v) is 11.0. The van der Waals surface area contributed by atoms with E-state index in [1.165, 1.54) is 0 Å². The van der Waals surface area contributed by atoms with Crippen molar-refractivity contribution < 1.29 is 8.42 Å². The van der Waals surface area contributed by atoms with E-state index >= 15 is 0 Å². The van der Waals surface area contributed by atoms with Crippen molar-refractivity contribution in [2.24, 2.45) is 23.2 Å². The Morgan fingerprint density at radius 3 is 2.70 bits per heavy atom. The average molecular weight is 430 g/mol. The van der Waals surface area contributed by atoms with Gasteiger partial charge in [0.1, 0.15) is 0 Å². The molecule has 1 heterocycles. The number of aryl methyl sites for hydroxylation is 1. The van der Waals surface area contributed by atoms with E-state index in [9.17, 15) is 8.42 Å². The Hall–Kier alpha value is -2.06. The van der Waals surface area contributed by atoms with Crippen LogP contribution in [0.3, 0.4) is 0 Å². The Kier molecular flexibility index (Phi) is 6.06. The Labute approximate surface area is 178 Å². The van der Waals surface area contributed by atoms with E-state index in [0.717, 1.165) is 44.3 Å². The zero-order valence-corrected chi connectivity index (χ0v) is 18.5. The number of fused-ring (bicyclic) bond motifs is 2. The lowest BCUT2D eigenvalue weighted by atomic mass is 9.45. The molecule has 2 aromatic rings. The maximum Gasteiger partial charge on any atom is 0.240 e. The summed E-state index contributed by atoms with van der Waals surface area (Å²) in [7, 11) is -3.51. The molecular weight excluding hydrogens is 398 g/mol. The van der Waals surface area contributed by atoms with Crippen LogP contribution in [0, 0.1) is 23.2 Å². The Bertz CT molecular complexity index is 957. The van der Waals surface area contributed by atoms with Crippen LogP contribution >= 0.6 is 0 Å². The molecule has 2 bridgehead atoms. The van der Waals surface area contributed by atoms with E-state index in [1.54, 1.807) is 24.3 Å². The van der Waals surface area contributed by atoms with Gasteiger partial charge in [-0.2, -0.15) is 5.21 Å². The minimum Gasteiger partial charge on any atom is -0.207 e. The fourth-order valence-corrected chi connectivity index (χ4v) is 6.60. The number of H-pyrrole nitrogens is 1. The summed E-state index contributed by atoms with van der Waals surface area (Å²) in [4.78, 5) is 0.347. The summed E-state index contributed by atoms with van der Waals surface area (Å²) in [6.07, 6.45) is 10.3. The van der Waals surface area contributed by atoms with E-state index in [-0.39, 0.29) is 11.5 Å². The van der Waals surface area contributed by atoms with E-state index in [1.807, 2.05) is 6.07 Å². The number of sulfonamides is 1. The van der Waals surface area contributed by atoms with Gasteiger partial charge in [-0.05, 0) is 67.4 Å². The first-order chi connectivity index (χ1) is 14.4. The number of rotatable bonds is 9. The van der Waals surface area contributed by atoms with Gasteiger partial charge in [0, 0.05) is 12.5 Å². The monoisotopic (exact) mass is 429 g/mol. The molecule has 1 aromatic heterocycles. The van der Waals surface area contributed by atoms with Gasteiger partial charge in [0.2, 0.25) is 10.0 Å². The normalized spacial score (nSPS) is 27.8. The number of hydrogen-bond donors (Lipinski definition) is 2. The van der Waals surface area contributed by atoms with Gasteiger partial charge in [0.15, 0.2) is 5.82 Å². The Morgan fingerprint density at radius 2 is 2.00 bits per heavy atom. The molecule has 3 aliphatic rings. The van der Waals surface area contributed by atoms with Gasteiger partial charge in [-0.3, -0.25) is 0 Å². The molecule has 0 amide bonds. The van der Waals surface area contributed by atoms with Gasteiger partial charge in [0.25, 0.3) is 0 Å². The SMILES string of the molecule is CC1(C)[C@H]2C[C@H](CC=CCCCc3nn[nH]n3)[C@@H](NS(=O)(=O)c3ccccc3)[C@H]1C2. The Morgan fingerprint density at radius 1 is 1.20 bits per heavy atom. The van der Waals surface area contributed by atoms with Crippen LogP contribution in [0.4, 0.5) is 0 Å². The number of tetrazole rings is 1. The molecule has 3 saturated carbocycles. The third-order valence-electron chi connectivity index (χ3n) is 7.19. The molecule has 3 aliphatic carbocycles. The van der Waals surface area contributed by atoms with Crippen LogP contribution < -0.4 is 4.72 Å². The van der Waals surface area contributed by atoms with Gasteiger partial charge in [-0.1, -0.05) is 49.4 Å². The van der Waals surface area contributed by atoms with Gasteiger partial charge >= 0.3 is 0 Å². The number of nitrogens with one attached hydrogen (secondary N) is 2. The van der Waals surface area contributed by atoms with Crippen LogP contribution in [0.1, 0.15) is 51.8 Å². The molecule has 0 aliphatic heterocycles. The minimum absolute atomic E-state index is 0.0146. The molecule has 2 N–H and O–H groups in total. The summed E-state index contributed by atoms with van der Waals surface area (Å²) >= 11 is 0. The van der Waals surface area contributed by atoms with E-state index < -0.39 is 10.0 Å². The molecule has 8 heteroatoms. The molecule has 0 radical (unpaired) electrons. The first kappa shape index (κ1) is 21.2. The van der Waals surface area contributed by atoms with Crippen molar-refractivity contribution in [1.29, 1.82) is 0 Å². The molecule has 3 fully saturated rings. The van der Waals surface area contributed by atoms with Crippen LogP contribution in [-0.4, -0.2) is 35.1 Å². The van der Waals surface area contributed by atoms with Crippen LogP contribution in [0.2, 0.25) is 0 Å². The maximum absolute atomic E-state index is 13.0. The lowest BCUT2D eigenvalue weighted by Crippen LogP contribution is -2.63. The van der Waals surface area contributed by atoms with E-state index in [0.29, 0.717) is 22.6 Å². The lowest BCUT2D eigenvalue weighted by Gasteiger charge is -2.62. The first-order valence-corrected chi connectivity index (χ1v) is 12.3. The summed E-state index contributed by atoms with van der Waals surface area (Å²) in [5, 5.41) is 14.0. The minimum atomic E-state index is -3.51. The largest absolute Gasteiger partial charge is 0.240 e. The standard InChI is InChI=1S/C22H31N5O2S/c1-22(2)17-14-16(10-6-3-4-9-13-20-23-26-27-24-20)21(19(22)15-17)25-30(28,29)18-11-7-5-8-12-18/h3,5-8,11-12,16-17,19,21,25H,4,9-10,13-15H2,1-2H3,(H,23,24,26,27)/t16-,17-,19+,21+/m0/s1. The summed E-state index contributed by atoms with van der Waals surface area (Å²) in [6, 6.07) is 8.70. The highest BCUT2D eigenvalue weighted by Gasteiger charge is 2.58.